The maximum absolute atomic E-state index is 5.91. The van der Waals surface area contributed by atoms with Crippen molar-refractivity contribution >= 4 is 31.3 Å². The zero-order chi connectivity index (χ0) is 10.9. The zero-order valence-corrected chi connectivity index (χ0v) is 13.4. The van der Waals surface area contributed by atoms with Crippen molar-refractivity contribution in [2.45, 2.75) is 59.3 Å². The Balaban J connectivity index is 0. The molecule has 0 rings (SSSR count). The van der Waals surface area contributed by atoms with E-state index >= 15 is 0 Å². The lowest BCUT2D eigenvalue weighted by molar-refractivity contribution is 0.846. The fourth-order valence-electron chi connectivity index (χ4n) is 1.67. The Bertz CT molecular complexity index is 140. The van der Waals surface area contributed by atoms with Crippen LogP contribution in [0, 0.1) is 0 Å². The lowest BCUT2D eigenvalue weighted by Crippen LogP contribution is -2.00. The maximum Gasteiger partial charge on any atom is -0.0235 e. The summed E-state index contributed by atoms with van der Waals surface area (Å²) in [5.41, 5.74) is 0. The van der Waals surface area contributed by atoms with Gasteiger partial charge < -0.3 is 0 Å². The van der Waals surface area contributed by atoms with Crippen LogP contribution < -0.4 is 0 Å². The molecular weight excluding hydrogens is 239 g/mol. The molecule has 0 unspecified atom stereocenters. The van der Waals surface area contributed by atoms with Gasteiger partial charge >= 0.3 is 0 Å². The maximum atomic E-state index is 5.91. The van der Waals surface area contributed by atoms with Gasteiger partial charge in [0.1, 0.15) is 0 Å². The summed E-state index contributed by atoms with van der Waals surface area (Å²) in [7, 11) is 0. The molecule has 0 fully saturated rings. The summed E-state index contributed by atoms with van der Waals surface area (Å²) in [5.74, 6) is 0. The molecule has 0 aromatic rings. The van der Waals surface area contributed by atoms with Crippen molar-refractivity contribution in [2.24, 2.45) is 0 Å². The molecule has 0 aromatic heterocycles. The SMILES string of the molecule is CCCCP(=S)(CCCC)CCCC.S. The van der Waals surface area contributed by atoms with Gasteiger partial charge in [0.25, 0.3) is 0 Å². The summed E-state index contributed by atoms with van der Waals surface area (Å²) < 4.78 is 0. The monoisotopic (exact) mass is 268 g/mol. The molecule has 0 spiro atoms. The Morgan fingerprint density at radius 2 is 1.00 bits per heavy atom. The van der Waals surface area contributed by atoms with Crippen molar-refractivity contribution in [2.75, 3.05) is 18.5 Å². The fraction of sp³-hybridized carbons (Fsp3) is 1.00. The van der Waals surface area contributed by atoms with Crippen LogP contribution in [0.15, 0.2) is 0 Å². The molecule has 0 radical (unpaired) electrons. The Morgan fingerprint density at radius 1 is 0.733 bits per heavy atom. The number of hydrogen-bond donors (Lipinski definition) is 0. The van der Waals surface area contributed by atoms with E-state index in [0.29, 0.717) is 0 Å². The van der Waals surface area contributed by atoms with Gasteiger partial charge in [0, 0.05) is 0 Å². The molecule has 0 heterocycles. The predicted octanol–water partition coefficient (Wildman–Crippen LogP) is 4.98. The highest BCUT2D eigenvalue weighted by atomic mass is 32.4. The molecule has 0 aliphatic carbocycles. The third-order valence-corrected chi connectivity index (χ3v) is 7.79. The first-order valence-corrected chi connectivity index (χ1v) is 9.61. The summed E-state index contributed by atoms with van der Waals surface area (Å²) in [6.07, 6.45) is 12.2. The molecule has 0 saturated heterocycles. The molecule has 3 heteroatoms. The quantitative estimate of drug-likeness (QED) is 0.531. The van der Waals surface area contributed by atoms with Crippen LogP contribution in [0.4, 0.5) is 0 Å². The van der Waals surface area contributed by atoms with Crippen LogP contribution in [0.25, 0.3) is 0 Å². The second-order valence-electron chi connectivity index (χ2n) is 4.29. The number of rotatable bonds is 9. The van der Waals surface area contributed by atoms with E-state index < -0.39 is 6.04 Å². The summed E-state index contributed by atoms with van der Waals surface area (Å²) in [5, 5.41) is 0. The van der Waals surface area contributed by atoms with E-state index in [4.69, 9.17) is 11.8 Å². The van der Waals surface area contributed by atoms with E-state index in [2.05, 4.69) is 20.8 Å². The Labute approximate surface area is 109 Å². The second-order valence-corrected chi connectivity index (χ2v) is 10.1. The fourth-order valence-corrected chi connectivity index (χ4v) is 6.18. The van der Waals surface area contributed by atoms with E-state index in [1.54, 1.807) is 0 Å². The highest BCUT2D eigenvalue weighted by Gasteiger charge is 2.14. The smallest absolute Gasteiger partial charge is 0.0235 e. The molecule has 15 heavy (non-hydrogen) atoms. The Kier molecular flexibility index (Phi) is 14.1. The minimum absolute atomic E-state index is 0. The molecule has 0 saturated carbocycles. The lowest BCUT2D eigenvalue weighted by Gasteiger charge is -2.21. The first-order valence-electron chi connectivity index (χ1n) is 6.25. The van der Waals surface area contributed by atoms with Crippen molar-refractivity contribution in [3.8, 4) is 0 Å². The van der Waals surface area contributed by atoms with Crippen molar-refractivity contribution in [3.05, 3.63) is 0 Å². The van der Waals surface area contributed by atoms with E-state index in [9.17, 15) is 0 Å². The van der Waals surface area contributed by atoms with Gasteiger partial charge in [-0.25, -0.2) is 0 Å². The topological polar surface area (TPSA) is 0 Å². The van der Waals surface area contributed by atoms with Crippen LogP contribution >= 0.6 is 19.5 Å². The Hall–Kier alpha value is 1.00. The van der Waals surface area contributed by atoms with E-state index in [-0.39, 0.29) is 13.5 Å². The molecule has 94 valence electrons. The van der Waals surface area contributed by atoms with Crippen molar-refractivity contribution < 1.29 is 0 Å². The van der Waals surface area contributed by atoms with Gasteiger partial charge in [0.2, 0.25) is 0 Å². The summed E-state index contributed by atoms with van der Waals surface area (Å²) in [4.78, 5) is 0. The first-order chi connectivity index (χ1) is 6.68. The van der Waals surface area contributed by atoms with Crippen molar-refractivity contribution in [1.29, 1.82) is 0 Å². The van der Waals surface area contributed by atoms with Gasteiger partial charge in [-0.1, -0.05) is 51.8 Å². The van der Waals surface area contributed by atoms with Crippen LogP contribution in [-0.2, 0) is 11.8 Å². The number of unbranched alkanes of at least 4 members (excludes halogenated alkanes) is 3. The molecule has 0 aliphatic heterocycles. The van der Waals surface area contributed by atoms with E-state index in [0.717, 1.165) is 0 Å². The molecule has 0 amide bonds. The minimum atomic E-state index is -0.936. The van der Waals surface area contributed by atoms with Crippen molar-refractivity contribution in [3.63, 3.8) is 0 Å². The van der Waals surface area contributed by atoms with Crippen molar-refractivity contribution in [1.82, 2.24) is 0 Å². The van der Waals surface area contributed by atoms with E-state index in [1.165, 1.54) is 57.0 Å². The zero-order valence-electron chi connectivity index (χ0n) is 10.7. The summed E-state index contributed by atoms with van der Waals surface area (Å²) in [6.45, 7) is 6.83. The normalized spacial score (nSPS) is 11.1. The first kappa shape index (κ1) is 18.4. The van der Waals surface area contributed by atoms with Gasteiger partial charge in [-0.2, -0.15) is 13.5 Å². The molecular formula is C12H29PS2. The largest absolute Gasteiger partial charge is 0.197 e. The highest BCUT2D eigenvalue weighted by molar-refractivity contribution is 8.14. The highest BCUT2D eigenvalue weighted by Crippen LogP contribution is 2.48. The molecule has 0 N–H and O–H groups in total. The molecule has 0 aromatic carbocycles. The number of hydrogen-bond acceptors (Lipinski definition) is 1. The molecule has 0 aliphatic rings. The Morgan fingerprint density at radius 3 is 1.20 bits per heavy atom. The van der Waals surface area contributed by atoms with E-state index in [1.807, 2.05) is 0 Å². The van der Waals surface area contributed by atoms with Gasteiger partial charge in [-0.05, 0) is 43.8 Å². The third-order valence-electron chi connectivity index (χ3n) is 2.76. The second kappa shape index (κ2) is 11.5. The summed E-state index contributed by atoms with van der Waals surface area (Å²) in [6, 6.07) is -0.936. The molecule has 0 bridgehead atoms. The van der Waals surface area contributed by atoms with Crippen LogP contribution in [0.2, 0.25) is 0 Å². The van der Waals surface area contributed by atoms with Crippen LogP contribution in [0.1, 0.15) is 59.3 Å². The molecule has 0 nitrogen and oxygen atoms in total. The van der Waals surface area contributed by atoms with Gasteiger partial charge in [-0.15, -0.1) is 0 Å². The average Bonchev–Trinajstić information content (AvgIpc) is 2.21. The standard InChI is InChI=1S/C12H27PS.H2S/c1-4-7-10-13(14,11-8-5-2)12-9-6-3;/h4-12H2,1-3H3;1H2. The van der Waals surface area contributed by atoms with Crippen LogP contribution in [0.3, 0.4) is 0 Å². The van der Waals surface area contributed by atoms with Gasteiger partial charge in [0.15, 0.2) is 0 Å². The molecule has 0 atom stereocenters. The average molecular weight is 268 g/mol. The minimum Gasteiger partial charge on any atom is -0.197 e. The van der Waals surface area contributed by atoms with Crippen LogP contribution in [-0.4, -0.2) is 18.5 Å². The summed E-state index contributed by atoms with van der Waals surface area (Å²) >= 11 is 5.91. The predicted molar refractivity (Wildman–Crippen MR) is 84.0 cm³/mol. The van der Waals surface area contributed by atoms with Gasteiger partial charge in [-0.3, -0.25) is 0 Å². The van der Waals surface area contributed by atoms with Crippen LogP contribution in [0.5, 0.6) is 0 Å². The third kappa shape index (κ3) is 9.90. The lowest BCUT2D eigenvalue weighted by atomic mass is 10.4. The van der Waals surface area contributed by atoms with Gasteiger partial charge in [0.05, 0.1) is 0 Å².